The molecule has 2 N–H and O–H groups in total. The Labute approximate surface area is 113 Å². The van der Waals surface area contributed by atoms with Gasteiger partial charge in [-0.15, -0.1) is 0 Å². The maximum Gasteiger partial charge on any atom is 0.221 e. The fraction of sp³-hybridized carbons (Fsp3) is 0.429. The van der Waals surface area contributed by atoms with Crippen LogP contribution in [0.4, 0.5) is 5.69 Å². The zero-order valence-electron chi connectivity index (χ0n) is 11.1. The van der Waals surface area contributed by atoms with E-state index in [0.29, 0.717) is 31.7 Å². The van der Waals surface area contributed by atoms with Crippen LogP contribution in [0.15, 0.2) is 24.3 Å². The first-order valence-corrected chi connectivity index (χ1v) is 6.26. The number of amides is 1. The minimum atomic E-state index is 0.0252. The fourth-order valence-corrected chi connectivity index (χ4v) is 1.52. The molecule has 0 aliphatic carbocycles. The summed E-state index contributed by atoms with van der Waals surface area (Å²) in [6, 6.07) is 9.20. The van der Waals surface area contributed by atoms with Crippen LogP contribution in [0, 0.1) is 11.3 Å². The van der Waals surface area contributed by atoms with E-state index in [1.165, 1.54) is 0 Å². The van der Waals surface area contributed by atoms with Crippen molar-refractivity contribution < 1.29 is 9.53 Å². The van der Waals surface area contributed by atoms with Crippen molar-refractivity contribution >= 4 is 11.6 Å². The van der Waals surface area contributed by atoms with Gasteiger partial charge in [0.25, 0.3) is 0 Å². The van der Waals surface area contributed by atoms with E-state index < -0.39 is 0 Å². The zero-order chi connectivity index (χ0) is 13.9. The summed E-state index contributed by atoms with van der Waals surface area (Å²) in [4.78, 5) is 11.5. The van der Waals surface area contributed by atoms with Gasteiger partial charge >= 0.3 is 0 Å². The third kappa shape index (κ3) is 6.43. The summed E-state index contributed by atoms with van der Waals surface area (Å²) in [5.41, 5.74) is 1.53. The van der Waals surface area contributed by atoms with Crippen molar-refractivity contribution in [1.29, 1.82) is 5.26 Å². The van der Waals surface area contributed by atoms with Gasteiger partial charge in [0.1, 0.15) is 0 Å². The normalized spacial score (nSPS) is 9.68. The Hall–Kier alpha value is -2.06. The molecule has 5 heteroatoms. The molecule has 1 aromatic rings. The summed E-state index contributed by atoms with van der Waals surface area (Å²) < 4.78 is 4.89. The molecular weight excluding hydrogens is 242 g/mol. The van der Waals surface area contributed by atoms with Gasteiger partial charge in [-0.3, -0.25) is 4.79 Å². The van der Waals surface area contributed by atoms with E-state index in [-0.39, 0.29) is 5.91 Å². The lowest BCUT2D eigenvalue weighted by molar-refractivity contribution is -0.120. The van der Waals surface area contributed by atoms with Crippen LogP contribution in [-0.4, -0.2) is 32.7 Å². The third-order valence-corrected chi connectivity index (χ3v) is 2.54. The Morgan fingerprint density at radius 1 is 1.32 bits per heavy atom. The largest absolute Gasteiger partial charge is 0.385 e. The van der Waals surface area contributed by atoms with Gasteiger partial charge in [-0.25, -0.2) is 0 Å². The summed E-state index contributed by atoms with van der Waals surface area (Å²) in [7, 11) is 1.64. The van der Waals surface area contributed by atoms with Gasteiger partial charge in [-0.2, -0.15) is 5.26 Å². The second-order valence-electron chi connectivity index (χ2n) is 4.06. The molecule has 0 saturated carbocycles. The average molecular weight is 261 g/mol. The molecule has 0 aromatic heterocycles. The topological polar surface area (TPSA) is 74.2 Å². The smallest absolute Gasteiger partial charge is 0.221 e. The average Bonchev–Trinajstić information content (AvgIpc) is 2.44. The summed E-state index contributed by atoms with van der Waals surface area (Å²) >= 11 is 0. The van der Waals surface area contributed by atoms with Crippen LogP contribution in [0.3, 0.4) is 0 Å². The number of carbonyl (C=O) groups excluding carboxylic acids is 1. The summed E-state index contributed by atoms with van der Waals surface area (Å²) in [6.45, 7) is 1.87. The standard InChI is InChI=1S/C14H19N3O2/c1-19-10-2-8-17-14(18)7-9-16-13-5-3-12(11-15)4-6-13/h3-6,16H,2,7-10H2,1H3,(H,17,18). The van der Waals surface area contributed by atoms with E-state index in [4.69, 9.17) is 10.00 Å². The van der Waals surface area contributed by atoms with E-state index in [1.54, 1.807) is 19.2 Å². The lowest BCUT2D eigenvalue weighted by atomic mass is 10.2. The monoisotopic (exact) mass is 261 g/mol. The first-order valence-electron chi connectivity index (χ1n) is 6.26. The van der Waals surface area contributed by atoms with Crippen molar-refractivity contribution in [2.24, 2.45) is 0 Å². The predicted molar refractivity (Wildman–Crippen MR) is 73.8 cm³/mol. The molecule has 0 saturated heterocycles. The van der Waals surface area contributed by atoms with Crippen molar-refractivity contribution in [3.05, 3.63) is 29.8 Å². The number of benzene rings is 1. The molecule has 1 rings (SSSR count). The molecule has 0 fully saturated rings. The number of hydrogen-bond acceptors (Lipinski definition) is 4. The highest BCUT2D eigenvalue weighted by atomic mass is 16.5. The van der Waals surface area contributed by atoms with Gasteiger partial charge in [0.15, 0.2) is 0 Å². The molecule has 0 aliphatic rings. The van der Waals surface area contributed by atoms with E-state index in [9.17, 15) is 4.79 Å². The Balaban J connectivity index is 2.15. The van der Waals surface area contributed by atoms with Gasteiger partial charge < -0.3 is 15.4 Å². The highest BCUT2D eigenvalue weighted by Crippen LogP contribution is 2.08. The van der Waals surface area contributed by atoms with Gasteiger partial charge in [-0.05, 0) is 30.7 Å². The molecule has 0 atom stereocenters. The number of anilines is 1. The molecule has 0 bridgehead atoms. The first kappa shape index (κ1) is 15.0. The summed E-state index contributed by atoms with van der Waals surface area (Å²) in [5.74, 6) is 0.0252. The van der Waals surface area contributed by atoms with Crippen LogP contribution in [0.25, 0.3) is 0 Å². The maximum absolute atomic E-state index is 11.5. The predicted octanol–water partition coefficient (Wildman–Crippen LogP) is 1.51. The number of ether oxygens (including phenoxy) is 1. The molecular formula is C14H19N3O2. The molecule has 0 radical (unpaired) electrons. The van der Waals surface area contributed by atoms with E-state index in [0.717, 1.165) is 12.1 Å². The van der Waals surface area contributed by atoms with Crippen LogP contribution in [0.1, 0.15) is 18.4 Å². The lowest BCUT2D eigenvalue weighted by Crippen LogP contribution is -2.26. The van der Waals surface area contributed by atoms with Crippen LogP contribution in [0.2, 0.25) is 0 Å². The number of carbonyl (C=O) groups is 1. The van der Waals surface area contributed by atoms with Crippen LogP contribution >= 0.6 is 0 Å². The molecule has 0 spiro atoms. The van der Waals surface area contributed by atoms with Crippen molar-refractivity contribution in [3.63, 3.8) is 0 Å². The van der Waals surface area contributed by atoms with Gasteiger partial charge in [0.05, 0.1) is 11.6 Å². The molecule has 0 unspecified atom stereocenters. The highest BCUT2D eigenvalue weighted by molar-refractivity contribution is 5.76. The van der Waals surface area contributed by atoms with Gasteiger partial charge in [-0.1, -0.05) is 0 Å². The Kier molecular flexibility index (Phi) is 7.06. The second kappa shape index (κ2) is 8.95. The van der Waals surface area contributed by atoms with Gasteiger partial charge in [0.2, 0.25) is 5.91 Å². The molecule has 0 heterocycles. The molecule has 1 aromatic carbocycles. The summed E-state index contributed by atoms with van der Waals surface area (Å²) in [6.07, 6.45) is 1.25. The molecule has 5 nitrogen and oxygen atoms in total. The van der Waals surface area contributed by atoms with E-state index in [2.05, 4.69) is 16.7 Å². The van der Waals surface area contributed by atoms with E-state index >= 15 is 0 Å². The number of nitriles is 1. The fourth-order valence-electron chi connectivity index (χ4n) is 1.52. The van der Waals surface area contributed by atoms with Crippen molar-refractivity contribution in [3.8, 4) is 6.07 Å². The zero-order valence-corrected chi connectivity index (χ0v) is 11.1. The summed E-state index contributed by atoms with van der Waals surface area (Å²) in [5, 5.41) is 14.6. The Morgan fingerprint density at radius 2 is 2.05 bits per heavy atom. The highest BCUT2D eigenvalue weighted by Gasteiger charge is 2.00. The number of nitrogens with one attached hydrogen (secondary N) is 2. The maximum atomic E-state index is 11.5. The second-order valence-corrected chi connectivity index (χ2v) is 4.06. The SMILES string of the molecule is COCCCNC(=O)CCNc1ccc(C#N)cc1. The quantitative estimate of drug-likeness (QED) is 0.696. The van der Waals surface area contributed by atoms with Crippen LogP contribution < -0.4 is 10.6 Å². The molecule has 0 aliphatic heterocycles. The third-order valence-electron chi connectivity index (χ3n) is 2.54. The number of nitrogens with zero attached hydrogens (tertiary/aromatic N) is 1. The van der Waals surface area contributed by atoms with Crippen molar-refractivity contribution in [1.82, 2.24) is 5.32 Å². The van der Waals surface area contributed by atoms with E-state index in [1.807, 2.05) is 12.1 Å². The Bertz CT molecular complexity index is 423. The molecule has 102 valence electrons. The number of hydrogen-bond donors (Lipinski definition) is 2. The van der Waals surface area contributed by atoms with Crippen LogP contribution in [0.5, 0.6) is 0 Å². The van der Waals surface area contributed by atoms with Crippen molar-refractivity contribution in [2.75, 3.05) is 32.1 Å². The van der Waals surface area contributed by atoms with Gasteiger partial charge in [0, 0.05) is 38.9 Å². The molecule has 1 amide bonds. The Morgan fingerprint density at radius 3 is 2.68 bits per heavy atom. The lowest BCUT2D eigenvalue weighted by Gasteiger charge is -2.07. The van der Waals surface area contributed by atoms with Crippen LogP contribution in [-0.2, 0) is 9.53 Å². The molecule has 19 heavy (non-hydrogen) atoms. The minimum absolute atomic E-state index is 0.0252. The number of methoxy groups -OCH3 is 1. The van der Waals surface area contributed by atoms with Crippen molar-refractivity contribution in [2.45, 2.75) is 12.8 Å². The number of rotatable bonds is 8. The minimum Gasteiger partial charge on any atom is -0.385 e. The first-order chi connectivity index (χ1) is 9.26.